The molecule has 0 saturated heterocycles. The zero-order chi connectivity index (χ0) is 30.3. The zero-order valence-electron chi connectivity index (χ0n) is 25.3. The molecule has 1 aliphatic carbocycles. The highest BCUT2D eigenvalue weighted by atomic mass is 32.1. The van der Waals surface area contributed by atoms with Gasteiger partial charge < -0.3 is 15.0 Å². The van der Waals surface area contributed by atoms with Gasteiger partial charge in [-0.2, -0.15) is 12.6 Å². The van der Waals surface area contributed by atoms with Crippen molar-refractivity contribution < 1.29 is 14.7 Å². The molecule has 1 fully saturated rings. The number of hydrogen-bond acceptors (Lipinski definition) is 4. The standard InChI is InChI=1S/C36H43N3O3S/c1-3-9-33-38-34-24(2)18-27(21-37-35(40)29(23-43)19-25-10-5-4-6-11-25)20-32(34)39(33)22-26-14-16-28(17-15-26)30-12-7-8-13-31(30)36(41)42/h7-8,12-18,20,25,29,43H,3-6,9-11,19,21-23H2,1-2H3,(H,37,40)(H,41,42). The highest BCUT2D eigenvalue weighted by Gasteiger charge is 2.23. The molecule has 1 aliphatic rings. The Hall–Kier alpha value is -3.58. The van der Waals surface area contributed by atoms with Crippen LogP contribution in [0.15, 0.2) is 60.7 Å². The van der Waals surface area contributed by atoms with E-state index >= 15 is 0 Å². The van der Waals surface area contributed by atoms with Crippen molar-refractivity contribution in [2.24, 2.45) is 11.8 Å². The lowest BCUT2D eigenvalue weighted by Gasteiger charge is -2.25. The molecular weight excluding hydrogens is 554 g/mol. The van der Waals surface area contributed by atoms with Crippen molar-refractivity contribution in [1.82, 2.24) is 14.9 Å². The van der Waals surface area contributed by atoms with Crippen molar-refractivity contribution in [1.29, 1.82) is 0 Å². The number of fused-ring (bicyclic) bond motifs is 1. The molecule has 6 nitrogen and oxygen atoms in total. The molecule has 43 heavy (non-hydrogen) atoms. The van der Waals surface area contributed by atoms with Crippen molar-refractivity contribution in [3.63, 3.8) is 0 Å². The lowest BCUT2D eigenvalue weighted by atomic mass is 9.83. The highest BCUT2D eigenvalue weighted by Crippen LogP contribution is 2.30. The van der Waals surface area contributed by atoms with Crippen LogP contribution in [0.25, 0.3) is 22.2 Å². The number of carboxylic acids is 1. The van der Waals surface area contributed by atoms with Crippen molar-refractivity contribution in [3.8, 4) is 11.1 Å². The zero-order valence-corrected chi connectivity index (χ0v) is 26.2. The average Bonchev–Trinajstić information content (AvgIpc) is 3.36. The number of carboxylic acid groups (broad SMARTS) is 1. The topological polar surface area (TPSA) is 84.2 Å². The monoisotopic (exact) mass is 597 g/mol. The van der Waals surface area contributed by atoms with Gasteiger partial charge in [-0.15, -0.1) is 0 Å². The van der Waals surface area contributed by atoms with Crippen molar-refractivity contribution >= 4 is 35.5 Å². The summed E-state index contributed by atoms with van der Waals surface area (Å²) >= 11 is 4.53. The van der Waals surface area contributed by atoms with E-state index in [1.165, 1.54) is 32.1 Å². The van der Waals surface area contributed by atoms with Gasteiger partial charge in [-0.05, 0) is 65.6 Å². The number of aromatic nitrogens is 2. The first-order valence-electron chi connectivity index (χ1n) is 15.7. The fourth-order valence-electron chi connectivity index (χ4n) is 6.52. The first-order chi connectivity index (χ1) is 20.9. The minimum Gasteiger partial charge on any atom is -0.478 e. The van der Waals surface area contributed by atoms with Crippen LogP contribution in [0.2, 0.25) is 0 Å². The molecule has 0 spiro atoms. The maximum absolute atomic E-state index is 13.1. The highest BCUT2D eigenvalue weighted by molar-refractivity contribution is 7.80. The summed E-state index contributed by atoms with van der Waals surface area (Å²) in [7, 11) is 0. The molecule has 3 aromatic carbocycles. The first-order valence-corrected chi connectivity index (χ1v) is 16.3. The maximum atomic E-state index is 13.1. The Kier molecular flexibility index (Phi) is 10.2. The van der Waals surface area contributed by atoms with Crippen LogP contribution in [0.3, 0.4) is 0 Å². The van der Waals surface area contributed by atoms with E-state index in [4.69, 9.17) is 4.98 Å². The predicted octanol–water partition coefficient (Wildman–Crippen LogP) is 7.84. The van der Waals surface area contributed by atoms with Crippen molar-refractivity contribution in [2.45, 2.75) is 78.3 Å². The molecule has 2 N–H and O–H groups in total. The Morgan fingerprint density at radius 3 is 2.49 bits per heavy atom. The van der Waals surface area contributed by atoms with E-state index in [0.29, 0.717) is 35.9 Å². The Balaban J connectivity index is 1.36. The lowest BCUT2D eigenvalue weighted by Crippen LogP contribution is -2.33. The number of carbonyl (C=O) groups excluding carboxylic acids is 1. The molecule has 1 heterocycles. The fraction of sp³-hybridized carbons (Fsp3) is 0.417. The minimum atomic E-state index is -0.929. The number of hydrogen-bond donors (Lipinski definition) is 3. The molecule has 7 heteroatoms. The summed E-state index contributed by atoms with van der Waals surface area (Å²) in [5.74, 6) is 1.38. The number of imidazole rings is 1. The van der Waals surface area contributed by atoms with Gasteiger partial charge in [0.05, 0.1) is 16.6 Å². The molecule has 1 unspecified atom stereocenters. The van der Waals surface area contributed by atoms with Gasteiger partial charge in [0.2, 0.25) is 5.91 Å². The van der Waals surface area contributed by atoms with Crippen LogP contribution in [0.4, 0.5) is 0 Å². The summed E-state index contributed by atoms with van der Waals surface area (Å²) in [6.07, 6.45) is 9.13. The van der Waals surface area contributed by atoms with Gasteiger partial charge in [0.25, 0.3) is 0 Å². The third-order valence-corrected chi connectivity index (χ3v) is 9.26. The number of nitrogens with zero attached hydrogens (tertiary/aromatic N) is 2. The molecule has 1 saturated carbocycles. The third-order valence-electron chi connectivity index (χ3n) is 8.82. The summed E-state index contributed by atoms with van der Waals surface area (Å²) in [5, 5.41) is 12.8. The van der Waals surface area contributed by atoms with Gasteiger partial charge >= 0.3 is 5.97 Å². The van der Waals surface area contributed by atoms with Gasteiger partial charge in [-0.1, -0.05) is 87.6 Å². The van der Waals surface area contributed by atoms with Crippen molar-refractivity contribution in [2.75, 3.05) is 5.75 Å². The largest absolute Gasteiger partial charge is 0.478 e. The second-order valence-electron chi connectivity index (χ2n) is 12.0. The molecule has 0 radical (unpaired) electrons. The quantitative estimate of drug-likeness (QED) is 0.145. The van der Waals surface area contributed by atoms with E-state index in [2.05, 4.69) is 60.6 Å². The Morgan fingerprint density at radius 1 is 1.05 bits per heavy atom. The Bertz CT molecular complexity index is 1570. The van der Waals surface area contributed by atoms with Crippen LogP contribution >= 0.6 is 12.6 Å². The van der Waals surface area contributed by atoms with Gasteiger partial charge in [0.15, 0.2) is 0 Å². The second kappa shape index (κ2) is 14.3. The van der Waals surface area contributed by atoms with E-state index in [0.717, 1.165) is 58.4 Å². The van der Waals surface area contributed by atoms with E-state index in [9.17, 15) is 14.7 Å². The lowest BCUT2D eigenvalue weighted by molar-refractivity contribution is -0.125. The summed E-state index contributed by atoms with van der Waals surface area (Å²) in [6, 6.07) is 19.5. The normalized spacial score (nSPS) is 14.6. The smallest absolute Gasteiger partial charge is 0.336 e. The van der Waals surface area contributed by atoms with Gasteiger partial charge in [0, 0.05) is 31.2 Å². The molecule has 0 aliphatic heterocycles. The van der Waals surface area contributed by atoms with Crippen LogP contribution in [-0.4, -0.2) is 32.3 Å². The van der Waals surface area contributed by atoms with E-state index in [1.807, 2.05) is 24.3 Å². The van der Waals surface area contributed by atoms with E-state index in [1.54, 1.807) is 12.1 Å². The van der Waals surface area contributed by atoms with Crippen LogP contribution in [0.5, 0.6) is 0 Å². The molecule has 5 rings (SSSR count). The van der Waals surface area contributed by atoms with Crippen LogP contribution in [-0.2, 0) is 24.3 Å². The molecular formula is C36H43N3O3S. The van der Waals surface area contributed by atoms with Crippen molar-refractivity contribution in [3.05, 3.63) is 88.7 Å². The maximum Gasteiger partial charge on any atom is 0.336 e. The van der Waals surface area contributed by atoms with Crippen LogP contribution in [0, 0.1) is 18.8 Å². The predicted molar refractivity (Wildman–Crippen MR) is 177 cm³/mol. The molecule has 226 valence electrons. The number of rotatable bonds is 12. The van der Waals surface area contributed by atoms with Crippen LogP contribution < -0.4 is 5.32 Å². The summed E-state index contributed by atoms with van der Waals surface area (Å²) in [6.45, 7) is 5.40. The number of benzene rings is 3. The van der Waals surface area contributed by atoms with Gasteiger partial charge in [-0.25, -0.2) is 9.78 Å². The SMILES string of the molecule is CCCc1nc2c(C)cc(CNC(=O)C(CS)CC3CCCCC3)cc2n1Cc1ccc(-c2ccccc2C(=O)O)cc1. The summed E-state index contributed by atoms with van der Waals surface area (Å²) in [4.78, 5) is 29.9. The minimum absolute atomic E-state index is 0.0524. The molecule has 4 aromatic rings. The molecule has 0 bridgehead atoms. The number of thiol groups is 1. The number of nitrogens with one attached hydrogen (secondary N) is 1. The Labute approximate surface area is 260 Å². The fourth-order valence-corrected chi connectivity index (χ4v) is 6.84. The molecule has 1 atom stereocenters. The summed E-state index contributed by atoms with van der Waals surface area (Å²) < 4.78 is 2.29. The second-order valence-corrected chi connectivity index (χ2v) is 12.4. The number of carbonyl (C=O) groups is 2. The number of aromatic carboxylic acids is 1. The number of amides is 1. The first kappa shape index (κ1) is 30.9. The number of aryl methyl sites for hydroxylation is 2. The summed E-state index contributed by atoms with van der Waals surface area (Å²) in [5.41, 5.74) is 7.24. The average molecular weight is 598 g/mol. The Morgan fingerprint density at radius 2 is 1.79 bits per heavy atom. The third kappa shape index (κ3) is 7.32. The van der Waals surface area contributed by atoms with Gasteiger partial charge in [-0.3, -0.25) is 4.79 Å². The van der Waals surface area contributed by atoms with Gasteiger partial charge in [0.1, 0.15) is 5.82 Å². The molecule has 1 aromatic heterocycles. The van der Waals surface area contributed by atoms with E-state index < -0.39 is 5.97 Å². The van der Waals surface area contributed by atoms with Crippen LogP contribution in [0.1, 0.15) is 84.7 Å². The van der Waals surface area contributed by atoms with E-state index in [-0.39, 0.29) is 11.8 Å². The molecule has 1 amide bonds.